The van der Waals surface area contributed by atoms with E-state index in [1.165, 1.54) is 0 Å². The van der Waals surface area contributed by atoms with Crippen LogP contribution in [0.5, 0.6) is 0 Å². The Morgan fingerprint density at radius 1 is 0.769 bits per heavy atom. The molecule has 2 rings (SSSR count). The molecule has 2 N–H and O–H groups in total. The van der Waals surface area contributed by atoms with Crippen LogP contribution in [-0.4, -0.2) is 10.2 Å². The van der Waals surface area contributed by atoms with Crippen molar-refractivity contribution >= 4 is 0 Å². The van der Waals surface area contributed by atoms with Gasteiger partial charge < -0.3 is 0 Å². The Hall–Kier alpha value is -1.32. The van der Waals surface area contributed by atoms with Crippen molar-refractivity contribution < 1.29 is 0 Å². The third-order valence-corrected chi connectivity index (χ3v) is 2.56. The predicted molar refractivity (Wildman–Crippen MR) is 48.9 cm³/mol. The average Bonchev–Trinajstić information content (AvgIpc) is 2.37. The molecule has 4 heteroatoms. The van der Waals surface area contributed by atoms with Gasteiger partial charge in [-0.1, -0.05) is 6.42 Å². The highest BCUT2D eigenvalue weighted by molar-refractivity contribution is 5.22. The van der Waals surface area contributed by atoms with Gasteiger partial charge in [0.05, 0.1) is 0 Å². The lowest BCUT2D eigenvalue weighted by atomic mass is 10.1. The number of nitrogens with one attached hydrogen (secondary N) is 2. The summed E-state index contributed by atoms with van der Waals surface area (Å²) >= 11 is 0. The average molecular weight is 180 g/mol. The van der Waals surface area contributed by atoms with Gasteiger partial charge in [-0.15, -0.1) is 0 Å². The molecule has 0 amide bonds. The van der Waals surface area contributed by atoms with E-state index in [0.29, 0.717) is 11.1 Å². The lowest BCUT2D eigenvalue weighted by Gasteiger charge is -2.00. The number of aromatic nitrogens is 2. The van der Waals surface area contributed by atoms with Crippen molar-refractivity contribution in [3.05, 3.63) is 31.8 Å². The van der Waals surface area contributed by atoms with E-state index in [2.05, 4.69) is 10.2 Å². The number of hydrogen-bond donors (Lipinski definition) is 2. The number of aromatic amines is 2. The fraction of sp³-hybridized carbons (Fsp3) is 0.556. The van der Waals surface area contributed by atoms with Gasteiger partial charge in [-0.25, -0.2) is 0 Å². The van der Waals surface area contributed by atoms with Gasteiger partial charge in [-0.3, -0.25) is 19.8 Å². The van der Waals surface area contributed by atoms with Crippen LogP contribution in [0.3, 0.4) is 0 Å². The Labute approximate surface area is 75.0 Å². The Morgan fingerprint density at radius 3 is 1.69 bits per heavy atom. The van der Waals surface area contributed by atoms with Crippen LogP contribution in [-0.2, 0) is 12.8 Å². The van der Waals surface area contributed by atoms with E-state index in [-0.39, 0.29) is 11.1 Å². The summed E-state index contributed by atoms with van der Waals surface area (Å²) in [7, 11) is 0. The highest BCUT2D eigenvalue weighted by Crippen LogP contribution is 2.13. The Balaban J connectivity index is 2.64. The third kappa shape index (κ3) is 1.43. The Bertz CT molecular complexity index is 377. The van der Waals surface area contributed by atoms with Crippen molar-refractivity contribution in [3.63, 3.8) is 0 Å². The van der Waals surface area contributed by atoms with Gasteiger partial charge >= 0.3 is 0 Å². The van der Waals surface area contributed by atoms with E-state index in [1.54, 1.807) is 0 Å². The summed E-state index contributed by atoms with van der Waals surface area (Å²) in [5.74, 6) is 0. The summed E-state index contributed by atoms with van der Waals surface area (Å²) < 4.78 is 0. The number of H-pyrrole nitrogens is 2. The highest BCUT2D eigenvalue weighted by atomic mass is 16.1. The molecule has 0 bridgehead atoms. The second-order valence-corrected chi connectivity index (χ2v) is 3.43. The first-order valence-corrected chi connectivity index (χ1v) is 4.62. The molecular weight excluding hydrogens is 168 g/mol. The van der Waals surface area contributed by atoms with E-state index >= 15 is 0 Å². The molecule has 1 aromatic rings. The molecule has 0 unspecified atom stereocenters. The third-order valence-electron chi connectivity index (χ3n) is 2.56. The molecule has 0 saturated heterocycles. The molecule has 0 aromatic carbocycles. The molecule has 0 spiro atoms. The van der Waals surface area contributed by atoms with Crippen molar-refractivity contribution in [2.75, 3.05) is 0 Å². The van der Waals surface area contributed by atoms with Crippen molar-refractivity contribution in [3.8, 4) is 0 Å². The molecule has 0 aliphatic heterocycles. The van der Waals surface area contributed by atoms with Crippen LogP contribution in [0, 0.1) is 0 Å². The first-order chi connectivity index (χ1) is 6.29. The van der Waals surface area contributed by atoms with Crippen LogP contribution in [0.2, 0.25) is 0 Å². The number of fused-ring (bicyclic) bond motifs is 1. The summed E-state index contributed by atoms with van der Waals surface area (Å²) in [4.78, 5) is 22.7. The van der Waals surface area contributed by atoms with Gasteiger partial charge in [0.1, 0.15) is 0 Å². The first-order valence-electron chi connectivity index (χ1n) is 4.62. The fourth-order valence-electron chi connectivity index (χ4n) is 1.85. The summed E-state index contributed by atoms with van der Waals surface area (Å²) in [6, 6.07) is 0. The smallest absolute Gasteiger partial charge is 0.266 e. The number of rotatable bonds is 0. The van der Waals surface area contributed by atoms with Gasteiger partial charge in [0.2, 0.25) is 0 Å². The van der Waals surface area contributed by atoms with E-state index in [9.17, 15) is 9.59 Å². The molecule has 70 valence electrons. The first kappa shape index (κ1) is 8.29. The summed E-state index contributed by atoms with van der Waals surface area (Å²) in [5, 5.41) is 4.72. The van der Waals surface area contributed by atoms with Crippen molar-refractivity contribution in [1.82, 2.24) is 10.2 Å². The fourth-order valence-corrected chi connectivity index (χ4v) is 1.85. The van der Waals surface area contributed by atoms with Gasteiger partial charge in [0, 0.05) is 11.1 Å². The maximum atomic E-state index is 11.3. The zero-order chi connectivity index (χ0) is 9.26. The monoisotopic (exact) mass is 180 g/mol. The number of hydrogen-bond acceptors (Lipinski definition) is 2. The zero-order valence-corrected chi connectivity index (χ0v) is 7.35. The topological polar surface area (TPSA) is 65.7 Å². The molecule has 0 saturated carbocycles. The molecular formula is C9H12N2O2. The summed E-state index contributed by atoms with van der Waals surface area (Å²) in [6.45, 7) is 0. The zero-order valence-electron chi connectivity index (χ0n) is 7.35. The van der Waals surface area contributed by atoms with Crippen molar-refractivity contribution in [1.29, 1.82) is 0 Å². The molecule has 1 aliphatic rings. The van der Waals surface area contributed by atoms with Gasteiger partial charge in [-0.2, -0.15) is 0 Å². The van der Waals surface area contributed by atoms with Gasteiger partial charge in [0.25, 0.3) is 11.1 Å². The van der Waals surface area contributed by atoms with Crippen LogP contribution < -0.4 is 11.1 Å². The lowest BCUT2D eigenvalue weighted by molar-refractivity contribution is 0.710. The van der Waals surface area contributed by atoms with Crippen molar-refractivity contribution in [2.24, 2.45) is 0 Å². The van der Waals surface area contributed by atoms with Crippen LogP contribution in [0.25, 0.3) is 0 Å². The largest absolute Gasteiger partial charge is 0.268 e. The molecule has 0 fully saturated rings. The minimum Gasteiger partial charge on any atom is -0.268 e. The van der Waals surface area contributed by atoms with Crippen LogP contribution in [0.4, 0.5) is 0 Å². The summed E-state index contributed by atoms with van der Waals surface area (Å²) in [6.07, 6.45) is 4.62. The summed E-state index contributed by atoms with van der Waals surface area (Å²) in [5.41, 5.74) is 1.13. The van der Waals surface area contributed by atoms with E-state index < -0.39 is 0 Å². The minimum absolute atomic E-state index is 0.128. The second-order valence-electron chi connectivity index (χ2n) is 3.43. The van der Waals surface area contributed by atoms with Crippen LogP contribution in [0.1, 0.15) is 30.4 Å². The van der Waals surface area contributed by atoms with E-state index in [0.717, 1.165) is 32.1 Å². The second kappa shape index (κ2) is 3.20. The standard InChI is InChI=1S/C9H12N2O2/c12-8-6-4-2-1-3-5-7(6)9(13)11-10-8/h1-5H2,(H,10,12)(H,11,13). The highest BCUT2D eigenvalue weighted by Gasteiger charge is 2.13. The van der Waals surface area contributed by atoms with Crippen LogP contribution >= 0.6 is 0 Å². The maximum absolute atomic E-state index is 11.3. The SMILES string of the molecule is O=c1[nH][nH]c(=O)c2c1CCCCC2. The molecule has 4 nitrogen and oxygen atoms in total. The maximum Gasteiger partial charge on any atom is 0.266 e. The Morgan fingerprint density at radius 2 is 1.23 bits per heavy atom. The van der Waals surface area contributed by atoms with E-state index in [1.807, 2.05) is 0 Å². The molecule has 0 atom stereocenters. The van der Waals surface area contributed by atoms with Crippen LogP contribution in [0.15, 0.2) is 9.59 Å². The minimum atomic E-state index is -0.128. The molecule has 1 aromatic heterocycles. The molecule has 0 radical (unpaired) electrons. The molecule has 1 aliphatic carbocycles. The van der Waals surface area contributed by atoms with E-state index in [4.69, 9.17) is 0 Å². The molecule has 1 heterocycles. The van der Waals surface area contributed by atoms with Gasteiger partial charge in [-0.05, 0) is 25.7 Å². The Kier molecular flexibility index (Phi) is 2.04. The van der Waals surface area contributed by atoms with Crippen molar-refractivity contribution in [2.45, 2.75) is 32.1 Å². The normalized spacial score (nSPS) is 16.3. The lowest BCUT2D eigenvalue weighted by Crippen LogP contribution is -2.26. The molecule has 13 heavy (non-hydrogen) atoms. The quantitative estimate of drug-likeness (QED) is 0.565. The predicted octanol–water partition coefficient (Wildman–Crippen LogP) is 0.332. The van der Waals surface area contributed by atoms with Gasteiger partial charge in [0.15, 0.2) is 0 Å².